The molecule has 1 aliphatic rings. The maximum Gasteiger partial charge on any atom is 0.307 e. The third kappa shape index (κ3) is 3.68. The standard InChI is InChI=1S/C21H21N3O3S/c1-27-19(25)8-10-24-12-16(15-6-2-3-7-18(15)24)20(26)17-13-28-21(23-17)14-5-4-9-22-11-14/h2-7,9,11-12,17,21,23H,8,10,13H2,1H3/t17-,21?/m0/s1. The van der Waals surface area contributed by atoms with Crippen LogP contribution in [0.4, 0.5) is 0 Å². The van der Waals surface area contributed by atoms with Crippen LogP contribution in [0.3, 0.4) is 0 Å². The Morgan fingerprint density at radius 3 is 2.93 bits per heavy atom. The summed E-state index contributed by atoms with van der Waals surface area (Å²) in [7, 11) is 1.38. The molecule has 0 radical (unpaired) electrons. The Bertz CT molecular complexity index is 1000. The number of aromatic nitrogens is 2. The van der Waals surface area contributed by atoms with Crippen molar-refractivity contribution in [1.29, 1.82) is 0 Å². The van der Waals surface area contributed by atoms with E-state index in [1.165, 1.54) is 7.11 Å². The summed E-state index contributed by atoms with van der Waals surface area (Å²) in [6, 6.07) is 11.5. The van der Waals surface area contributed by atoms with Crippen molar-refractivity contribution in [2.45, 2.75) is 24.4 Å². The Kier molecular flexibility index (Phi) is 5.45. The summed E-state index contributed by atoms with van der Waals surface area (Å²) >= 11 is 1.72. The number of hydrogen-bond donors (Lipinski definition) is 1. The molecule has 1 unspecified atom stereocenters. The van der Waals surface area contributed by atoms with Crippen molar-refractivity contribution >= 4 is 34.4 Å². The quantitative estimate of drug-likeness (QED) is 0.510. The number of thioether (sulfide) groups is 1. The van der Waals surface area contributed by atoms with Crippen molar-refractivity contribution in [2.75, 3.05) is 12.9 Å². The zero-order valence-corrected chi connectivity index (χ0v) is 16.3. The molecule has 1 fully saturated rings. The molecule has 1 aliphatic heterocycles. The molecule has 7 heteroatoms. The number of carbonyl (C=O) groups excluding carboxylic acids is 2. The van der Waals surface area contributed by atoms with Gasteiger partial charge >= 0.3 is 5.97 Å². The SMILES string of the molecule is COC(=O)CCn1cc(C(=O)[C@@H]2CSC(c3cccnc3)N2)c2ccccc21. The van der Waals surface area contributed by atoms with Gasteiger partial charge in [-0.2, -0.15) is 0 Å². The molecule has 6 nitrogen and oxygen atoms in total. The van der Waals surface area contributed by atoms with E-state index >= 15 is 0 Å². The van der Waals surface area contributed by atoms with E-state index in [0.29, 0.717) is 17.9 Å². The minimum Gasteiger partial charge on any atom is -0.469 e. The lowest BCUT2D eigenvalue weighted by atomic mass is 10.0. The third-order valence-electron chi connectivity index (χ3n) is 4.92. The number of hydrogen-bond acceptors (Lipinski definition) is 6. The first-order valence-corrected chi connectivity index (χ1v) is 10.2. The molecule has 144 valence electrons. The number of aryl methyl sites for hydroxylation is 1. The Morgan fingerprint density at radius 2 is 2.14 bits per heavy atom. The number of benzene rings is 1. The predicted octanol–water partition coefficient (Wildman–Crippen LogP) is 3.19. The largest absolute Gasteiger partial charge is 0.469 e. The summed E-state index contributed by atoms with van der Waals surface area (Å²) in [5.74, 6) is 0.519. The van der Waals surface area contributed by atoms with E-state index in [0.717, 1.165) is 16.5 Å². The van der Waals surface area contributed by atoms with Gasteiger partial charge in [-0.15, -0.1) is 11.8 Å². The number of methoxy groups -OCH3 is 1. The fourth-order valence-electron chi connectivity index (χ4n) is 3.48. The second-order valence-corrected chi connectivity index (χ2v) is 7.80. The minimum atomic E-state index is -0.265. The van der Waals surface area contributed by atoms with Crippen LogP contribution in [-0.2, 0) is 16.1 Å². The number of pyridine rings is 1. The second kappa shape index (κ2) is 8.16. The zero-order valence-electron chi connectivity index (χ0n) is 15.5. The van der Waals surface area contributed by atoms with Gasteiger partial charge in [-0.1, -0.05) is 24.3 Å². The van der Waals surface area contributed by atoms with E-state index < -0.39 is 0 Å². The molecule has 4 rings (SSSR count). The molecule has 0 bridgehead atoms. The number of fused-ring (bicyclic) bond motifs is 1. The van der Waals surface area contributed by atoms with E-state index in [-0.39, 0.29) is 29.6 Å². The number of esters is 1. The van der Waals surface area contributed by atoms with Gasteiger partial charge in [0.05, 0.1) is 24.9 Å². The van der Waals surface area contributed by atoms with Crippen LogP contribution in [-0.4, -0.2) is 40.2 Å². The second-order valence-electron chi connectivity index (χ2n) is 6.66. The van der Waals surface area contributed by atoms with Crippen molar-refractivity contribution in [3.63, 3.8) is 0 Å². The summed E-state index contributed by atoms with van der Waals surface area (Å²) in [6.07, 6.45) is 5.70. The van der Waals surface area contributed by atoms with Crippen LogP contribution in [0.25, 0.3) is 10.9 Å². The molecule has 0 aliphatic carbocycles. The summed E-state index contributed by atoms with van der Waals surface area (Å²) in [5.41, 5.74) is 2.71. The van der Waals surface area contributed by atoms with Gasteiger partial charge in [0.15, 0.2) is 5.78 Å². The van der Waals surface area contributed by atoms with Gasteiger partial charge in [0.2, 0.25) is 0 Å². The number of ether oxygens (including phenoxy) is 1. The first-order valence-electron chi connectivity index (χ1n) is 9.14. The van der Waals surface area contributed by atoms with Gasteiger partial charge in [-0.3, -0.25) is 19.9 Å². The molecule has 1 aromatic carbocycles. The van der Waals surface area contributed by atoms with Crippen molar-refractivity contribution in [3.8, 4) is 0 Å². The molecule has 2 atom stereocenters. The van der Waals surface area contributed by atoms with Crippen molar-refractivity contribution in [3.05, 3.63) is 66.1 Å². The summed E-state index contributed by atoms with van der Waals surface area (Å²) in [6.45, 7) is 0.478. The van der Waals surface area contributed by atoms with Crippen LogP contribution in [0, 0.1) is 0 Å². The number of nitrogens with zero attached hydrogens (tertiary/aromatic N) is 2. The molecule has 1 N–H and O–H groups in total. The summed E-state index contributed by atoms with van der Waals surface area (Å²) < 4.78 is 6.69. The molecular weight excluding hydrogens is 374 g/mol. The normalized spacial score (nSPS) is 19.0. The topological polar surface area (TPSA) is 73.2 Å². The maximum absolute atomic E-state index is 13.2. The van der Waals surface area contributed by atoms with Crippen LogP contribution < -0.4 is 5.32 Å². The Labute approximate surface area is 167 Å². The summed E-state index contributed by atoms with van der Waals surface area (Å²) in [5, 5.41) is 4.41. The van der Waals surface area contributed by atoms with Crippen molar-refractivity contribution in [2.24, 2.45) is 0 Å². The van der Waals surface area contributed by atoms with Gasteiger partial charge in [0, 0.05) is 47.4 Å². The zero-order chi connectivity index (χ0) is 19.5. The number of nitrogens with one attached hydrogen (secondary N) is 1. The smallest absolute Gasteiger partial charge is 0.307 e. The fourth-order valence-corrected chi connectivity index (χ4v) is 4.70. The van der Waals surface area contributed by atoms with Gasteiger partial charge in [-0.05, 0) is 17.7 Å². The first-order chi connectivity index (χ1) is 13.7. The van der Waals surface area contributed by atoms with Crippen LogP contribution >= 0.6 is 11.8 Å². The molecule has 2 aromatic heterocycles. The van der Waals surface area contributed by atoms with Crippen molar-refractivity contribution in [1.82, 2.24) is 14.9 Å². The first kappa shape index (κ1) is 18.7. The number of Topliss-reactive ketones (excluding diaryl/α,β-unsaturated/α-hetero) is 1. The van der Waals surface area contributed by atoms with Crippen molar-refractivity contribution < 1.29 is 14.3 Å². The van der Waals surface area contributed by atoms with E-state index in [1.807, 2.05) is 53.4 Å². The van der Waals surface area contributed by atoms with Gasteiger partial charge < -0.3 is 9.30 Å². The number of rotatable bonds is 6. The molecule has 1 saturated heterocycles. The van der Waals surface area contributed by atoms with E-state index in [2.05, 4.69) is 10.3 Å². The Balaban J connectivity index is 1.57. The average Bonchev–Trinajstić information content (AvgIpc) is 3.38. The fraction of sp³-hybridized carbons (Fsp3) is 0.286. The van der Waals surface area contributed by atoms with Gasteiger partial charge in [0.25, 0.3) is 0 Å². The Hall–Kier alpha value is -2.64. The van der Waals surface area contributed by atoms with E-state index in [9.17, 15) is 9.59 Å². The molecule has 28 heavy (non-hydrogen) atoms. The molecule has 0 saturated carbocycles. The van der Waals surface area contributed by atoms with E-state index in [4.69, 9.17) is 4.74 Å². The van der Waals surface area contributed by atoms with Crippen LogP contribution in [0.5, 0.6) is 0 Å². The van der Waals surface area contributed by atoms with E-state index in [1.54, 1.807) is 18.0 Å². The number of carbonyl (C=O) groups is 2. The molecule has 3 aromatic rings. The average molecular weight is 395 g/mol. The highest BCUT2D eigenvalue weighted by molar-refractivity contribution is 7.99. The molecule has 3 heterocycles. The molecule has 0 spiro atoms. The van der Waals surface area contributed by atoms with Crippen LogP contribution in [0.2, 0.25) is 0 Å². The summed E-state index contributed by atoms with van der Waals surface area (Å²) in [4.78, 5) is 28.9. The highest BCUT2D eigenvalue weighted by atomic mass is 32.2. The lowest BCUT2D eigenvalue weighted by Gasteiger charge is -2.12. The van der Waals surface area contributed by atoms with Crippen LogP contribution in [0.1, 0.15) is 27.7 Å². The van der Waals surface area contributed by atoms with Gasteiger partial charge in [0.1, 0.15) is 0 Å². The third-order valence-corrected chi connectivity index (χ3v) is 6.19. The lowest BCUT2D eigenvalue weighted by Crippen LogP contribution is -2.34. The van der Waals surface area contributed by atoms with Gasteiger partial charge in [-0.25, -0.2) is 0 Å². The minimum absolute atomic E-state index is 0.0651. The molecule has 0 amide bonds. The maximum atomic E-state index is 13.2. The highest BCUT2D eigenvalue weighted by Gasteiger charge is 2.32. The lowest BCUT2D eigenvalue weighted by molar-refractivity contribution is -0.140. The number of ketones is 1. The monoisotopic (exact) mass is 395 g/mol. The highest BCUT2D eigenvalue weighted by Crippen LogP contribution is 2.34. The van der Waals surface area contributed by atoms with Crippen LogP contribution in [0.15, 0.2) is 55.0 Å². The predicted molar refractivity (Wildman–Crippen MR) is 109 cm³/mol. The Morgan fingerprint density at radius 1 is 1.29 bits per heavy atom. The molecular formula is C21H21N3O3S. The number of para-hydroxylation sites is 1.